The molecule has 1 aliphatic rings. The highest BCUT2D eigenvalue weighted by Gasteiger charge is 2.23. The second-order valence-electron chi connectivity index (χ2n) is 9.02. The van der Waals surface area contributed by atoms with Crippen molar-refractivity contribution in [2.45, 2.75) is 37.8 Å². The van der Waals surface area contributed by atoms with Crippen molar-refractivity contribution in [1.82, 2.24) is 25.5 Å². The predicted molar refractivity (Wildman–Crippen MR) is 132 cm³/mol. The monoisotopic (exact) mass is 451 g/mol. The van der Waals surface area contributed by atoms with Gasteiger partial charge in [0.1, 0.15) is 5.65 Å². The lowest BCUT2D eigenvalue weighted by Crippen LogP contribution is -2.38. The third kappa shape index (κ3) is 3.84. The van der Waals surface area contributed by atoms with Gasteiger partial charge in [-0.3, -0.25) is 9.89 Å². The summed E-state index contributed by atoms with van der Waals surface area (Å²) in [7, 11) is 0. The fourth-order valence-electron chi connectivity index (χ4n) is 4.79. The summed E-state index contributed by atoms with van der Waals surface area (Å²) in [6.07, 6.45) is 4.61. The number of aliphatic hydroxyl groups excluding tert-OH is 1. The van der Waals surface area contributed by atoms with Crippen LogP contribution in [0.1, 0.15) is 36.2 Å². The van der Waals surface area contributed by atoms with Crippen molar-refractivity contribution in [3.8, 4) is 22.4 Å². The topological polar surface area (TPSA) is 107 Å². The van der Waals surface area contributed by atoms with E-state index in [2.05, 4.69) is 49.7 Å². The fraction of sp³-hybridized carbons (Fsp3) is 0.222. The normalized spacial score (nSPS) is 18.4. The summed E-state index contributed by atoms with van der Waals surface area (Å²) in [6.45, 7) is 0. The maximum Gasteiger partial charge on any atom is 0.272 e. The van der Waals surface area contributed by atoms with Crippen LogP contribution in [0.5, 0.6) is 0 Å². The molecule has 0 saturated heterocycles. The molecule has 2 aromatic carbocycles. The quantitative estimate of drug-likeness (QED) is 0.315. The van der Waals surface area contributed by atoms with Crippen LogP contribution in [0.3, 0.4) is 0 Å². The maximum absolute atomic E-state index is 13.0. The number of nitrogens with one attached hydrogen (secondary N) is 3. The number of aliphatic hydroxyl groups is 1. The van der Waals surface area contributed by atoms with Crippen molar-refractivity contribution in [1.29, 1.82) is 0 Å². The summed E-state index contributed by atoms with van der Waals surface area (Å²) in [5, 5.41) is 21.9. The van der Waals surface area contributed by atoms with Gasteiger partial charge in [-0.25, -0.2) is 4.98 Å². The third-order valence-corrected chi connectivity index (χ3v) is 6.70. The summed E-state index contributed by atoms with van der Waals surface area (Å²) in [4.78, 5) is 21.0. The lowest BCUT2D eigenvalue weighted by atomic mass is 9.93. The van der Waals surface area contributed by atoms with E-state index in [0.717, 1.165) is 70.0 Å². The molecule has 3 heterocycles. The van der Waals surface area contributed by atoms with Gasteiger partial charge in [-0.2, -0.15) is 5.10 Å². The van der Waals surface area contributed by atoms with Crippen LogP contribution >= 0.6 is 0 Å². The highest BCUT2D eigenvalue weighted by Crippen LogP contribution is 2.29. The molecule has 1 saturated carbocycles. The number of H-pyrrole nitrogens is 2. The van der Waals surface area contributed by atoms with E-state index in [4.69, 9.17) is 0 Å². The van der Waals surface area contributed by atoms with Crippen LogP contribution in [-0.4, -0.2) is 43.3 Å². The number of aromatic amines is 2. The van der Waals surface area contributed by atoms with Crippen LogP contribution in [0, 0.1) is 0 Å². The largest absolute Gasteiger partial charge is 0.393 e. The summed E-state index contributed by atoms with van der Waals surface area (Å²) in [5.74, 6) is -0.184. The van der Waals surface area contributed by atoms with E-state index in [0.29, 0.717) is 5.69 Å². The van der Waals surface area contributed by atoms with E-state index >= 15 is 0 Å². The molecule has 6 rings (SSSR count). The van der Waals surface area contributed by atoms with Crippen molar-refractivity contribution in [2.24, 2.45) is 0 Å². The lowest BCUT2D eigenvalue weighted by molar-refractivity contribution is 0.0864. The number of aromatic nitrogens is 4. The van der Waals surface area contributed by atoms with Crippen molar-refractivity contribution >= 4 is 27.8 Å². The van der Waals surface area contributed by atoms with E-state index in [9.17, 15) is 9.90 Å². The molecular weight excluding hydrogens is 426 g/mol. The first-order valence-corrected chi connectivity index (χ1v) is 11.7. The second-order valence-corrected chi connectivity index (χ2v) is 9.02. The molecule has 1 amide bonds. The molecule has 7 nitrogen and oxygen atoms in total. The fourth-order valence-corrected chi connectivity index (χ4v) is 4.79. The van der Waals surface area contributed by atoms with Gasteiger partial charge < -0.3 is 15.4 Å². The van der Waals surface area contributed by atoms with E-state index < -0.39 is 0 Å². The molecule has 0 atom stereocenters. The Hall–Kier alpha value is -3.97. The number of hydrogen-bond donors (Lipinski definition) is 4. The molecule has 1 aliphatic carbocycles. The molecule has 0 radical (unpaired) electrons. The van der Waals surface area contributed by atoms with E-state index in [1.807, 2.05) is 42.6 Å². The average molecular weight is 452 g/mol. The number of carbonyl (C=O) groups is 1. The Labute approximate surface area is 196 Å². The first-order chi connectivity index (χ1) is 16.6. The molecule has 3 aromatic heterocycles. The maximum atomic E-state index is 13.0. The van der Waals surface area contributed by atoms with Crippen LogP contribution in [0.4, 0.5) is 0 Å². The van der Waals surface area contributed by atoms with E-state index in [1.54, 1.807) is 0 Å². The van der Waals surface area contributed by atoms with Crippen LogP contribution in [0.15, 0.2) is 66.9 Å². The molecule has 1 fully saturated rings. The third-order valence-electron chi connectivity index (χ3n) is 6.70. The van der Waals surface area contributed by atoms with Crippen LogP contribution in [0.25, 0.3) is 44.3 Å². The van der Waals surface area contributed by atoms with Gasteiger partial charge in [0.15, 0.2) is 5.69 Å². The number of hydrogen-bond acceptors (Lipinski definition) is 4. The lowest BCUT2D eigenvalue weighted by Gasteiger charge is -2.25. The zero-order valence-electron chi connectivity index (χ0n) is 18.6. The zero-order chi connectivity index (χ0) is 23.1. The Morgan fingerprint density at radius 3 is 2.59 bits per heavy atom. The number of benzene rings is 2. The number of amides is 1. The van der Waals surface area contributed by atoms with E-state index in [1.165, 1.54) is 0 Å². The Morgan fingerprint density at radius 1 is 0.941 bits per heavy atom. The van der Waals surface area contributed by atoms with Crippen molar-refractivity contribution < 1.29 is 9.90 Å². The van der Waals surface area contributed by atoms with E-state index in [-0.39, 0.29) is 18.1 Å². The van der Waals surface area contributed by atoms with Crippen LogP contribution in [-0.2, 0) is 0 Å². The number of pyridine rings is 1. The molecule has 170 valence electrons. The molecule has 4 N–H and O–H groups in total. The summed E-state index contributed by atoms with van der Waals surface area (Å²) < 4.78 is 0. The highest BCUT2D eigenvalue weighted by atomic mass is 16.3. The van der Waals surface area contributed by atoms with Gasteiger partial charge in [0.25, 0.3) is 5.91 Å². The minimum absolute atomic E-state index is 0.0739. The number of rotatable bonds is 4. The van der Waals surface area contributed by atoms with Gasteiger partial charge >= 0.3 is 0 Å². The molecule has 5 aromatic rings. The zero-order valence-corrected chi connectivity index (χ0v) is 18.6. The predicted octanol–water partition coefficient (Wildman–Crippen LogP) is 4.81. The molecule has 34 heavy (non-hydrogen) atoms. The molecular formula is C27H25N5O2. The molecule has 0 unspecified atom stereocenters. The summed E-state index contributed by atoms with van der Waals surface area (Å²) >= 11 is 0. The Morgan fingerprint density at radius 2 is 1.76 bits per heavy atom. The number of nitrogens with zero attached hydrogens (tertiary/aromatic N) is 2. The number of carbonyl (C=O) groups excluding carboxylic acids is 1. The van der Waals surface area contributed by atoms with Gasteiger partial charge in [-0.1, -0.05) is 36.4 Å². The summed E-state index contributed by atoms with van der Waals surface area (Å²) in [6, 6.07) is 20.4. The Bertz CT molecular complexity index is 1480. The molecule has 0 aliphatic heterocycles. The van der Waals surface area contributed by atoms with Gasteiger partial charge in [0, 0.05) is 34.3 Å². The first kappa shape index (κ1) is 20.6. The first-order valence-electron chi connectivity index (χ1n) is 11.7. The van der Waals surface area contributed by atoms with Crippen LogP contribution < -0.4 is 5.32 Å². The number of fused-ring (bicyclic) bond motifs is 2. The van der Waals surface area contributed by atoms with Crippen molar-refractivity contribution in [3.05, 3.63) is 72.6 Å². The van der Waals surface area contributed by atoms with Gasteiger partial charge in [-0.15, -0.1) is 0 Å². The standard InChI is InChI=1S/C27H25N5O2/c33-21-9-7-20(8-10-21)29-27(34)25-22-13-17(6-11-23(22)31-32-25)19-12-18-14-24(30-26(18)28-15-19)16-4-2-1-3-5-16/h1-6,11-15,20-21,33H,7-10H2,(H,28,30)(H,29,34)(H,31,32). The second kappa shape index (κ2) is 8.43. The minimum Gasteiger partial charge on any atom is -0.393 e. The van der Waals surface area contributed by atoms with Crippen LogP contribution in [0.2, 0.25) is 0 Å². The van der Waals surface area contributed by atoms with Crippen molar-refractivity contribution in [3.63, 3.8) is 0 Å². The minimum atomic E-state index is -0.253. The van der Waals surface area contributed by atoms with Gasteiger partial charge in [0.05, 0.1) is 11.6 Å². The SMILES string of the molecule is O=C(NC1CCC(O)CC1)c1n[nH]c2ccc(-c3cnc4[nH]c(-c5ccccc5)cc4c3)cc12. The molecule has 0 bridgehead atoms. The average Bonchev–Trinajstić information content (AvgIpc) is 3.49. The Kier molecular flexibility index (Phi) is 5.11. The van der Waals surface area contributed by atoms with Gasteiger partial charge in [-0.05, 0) is 61.1 Å². The summed E-state index contributed by atoms with van der Waals surface area (Å²) in [5.41, 5.74) is 6.14. The Balaban J connectivity index is 1.30. The highest BCUT2D eigenvalue weighted by molar-refractivity contribution is 6.06. The van der Waals surface area contributed by atoms with Crippen molar-refractivity contribution in [2.75, 3.05) is 0 Å². The molecule has 7 heteroatoms. The molecule has 0 spiro atoms. The smallest absolute Gasteiger partial charge is 0.272 e. The van der Waals surface area contributed by atoms with Gasteiger partial charge in [0.2, 0.25) is 0 Å².